The fourth-order valence-electron chi connectivity index (χ4n) is 1.69. The molecule has 1 heterocycles. The summed E-state index contributed by atoms with van der Waals surface area (Å²) in [5, 5.41) is 10.5. The number of hydrogen-bond donors (Lipinski definition) is 2. The van der Waals surface area contributed by atoms with Crippen molar-refractivity contribution in [1.82, 2.24) is 10.2 Å². The number of carbonyl (C=O) groups excluding carboxylic acids is 1. The molecular formula is C14H15ClN4O. The lowest BCUT2D eigenvalue weighted by atomic mass is 9.83. The van der Waals surface area contributed by atoms with Gasteiger partial charge in [-0.3, -0.25) is 4.79 Å². The lowest BCUT2D eigenvalue weighted by Crippen LogP contribution is -2.35. The zero-order valence-corrected chi connectivity index (χ0v) is 12.0. The van der Waals surface area contributed by atoms with Gasteiger partial charge < -0.3 is 11.1 Å². The summed E-state index contributed by atoms with van der Waals surface area (Å²) in [5.41, 5.74) is 6.47. The summed E-state index contributed by atoms with van der Waals surface area (Å²) in [5.74, 6) is 0.182. The van der Waals surface area contributed by atoms with Crippen LogP contribution < -0.4 is 11.1 Å². The number of nitrogen functional groups attached to an aromatic ring is 1. The van der Waals surface area contributed by atoms with Gasteiger partial charge in [-0.2, -0.15) is 0 Å². The number of anilines is 2. The van der Waals surface area contributed by atoms with E-state index in [4.69, 9.17) is 17.3 Å². The number of halogens is 1. The Hall–Kier alpha value is -2.14. The van der Waals surface area contributed by atoms with E-state index in [1.165, 1.54) is 0 Å². The minimum absolute atomic E-state index is 0.182. The SMILES string of the molecule is CC(C)(C(=O)Nc1ccc(Cl)nn1)c1ccc(N)cc1. The zero-order chi connectivity index (χ0) is 14.8. The highest BCUT2D eigenvalue weighted by atomic mass is 35.5. The second-order valence-electron chi connectivity index (χ2n) is 4.94. The summed E-state index contributed by atoms with van der Waals surface area (Å²) in [7, 11) is 0. The number of nitrogens with zero attached hydrogens (tertiary/aromatic N) is 2. The van der Waals surface area contributed by atoms with Crippen LogP contribution in [0.25, 0.3) is 0 Å². The van der Waals surface area contributed by atoms with Crippen LogP contribution in [0.2, 0.25) is 5.15 Å². The molecule has 1 amide bonds. The molecular weight excluding hydrogens is 276 g/mol. The van der Waals surface area contributed by atoms with Gasteiger partial charge in [-0.1, -0.05) is 23.7 Å². The molecule has 0 fully saturated rings. The average molecular weight is 291 g/mol. The molecule has 1 aromatic heterocycles. The minimum atomic E-state index is -0.713. The Kier molecular flexibility index (Phi) is 3.90. The van der Waals surface area contributed by atoms with E-state index in [-0.39, 0.29) is 11.1 Å². The van der Waals surface area contributed by atoms with Crippen LogP contribution in [-0.4, -0.2) is 16.1 Å². The summed E-state index contributed by atoms with van der Waals surface area (Å²) in [6, 6.07) is 10.4. The molecule has 5 nitrogen and oxygen atoms in total. The molecule has 0 bridgehead atoms. The minimum Gasteiger partial charge on any atom is -0.399 e. The van der Waals surface area contributed by atoms with Crippen LogP contribution in [0.3, 0.4) is 0 Å². The van der Waals surface area contributed by atoms with E-state index in [1.807, 2.05) is 26.0 Å². The molecule has 1 aromatic carbocycles. The maximum absolute atomic E-state index is 12.4. The number of carbonyl (C=O) groups is 1. The van der Waals surface area contributed by atoms with Gasteiger partial charge in [0.1, 0.15) is 0 Å². The molecule has 0 aliphatic heterocycles. The largest absolute Gasteiger partial charge is 0.399 e. The van der Waals surface area contributed by atoms with Crippen LogP contribution >= 0.6 is 11.6 Å². The van der Waals surface area contributed by atoms with Crippen molar-refractivity contribution in [3.63, 3.8) is 0 Å². The fraction of sp³-hybridized carbons (Fsp3) is 0.214. The molecule has 20 heavy (non-hydrogen) atoms. The molecule has 0 atom stereocenters. The van der Waals surface area contributed by atoms with Crippen LogP contribution in [0.5, 0.6) is 0 Å². The Balaban J connectivity index is 2.18. The van der Waals surface area contributed by atoms with Crippen molar-refractivity contribution in [3.8, 4) is 0 Å². The number of aromatic nitrogens is 2. The smallest absolute Gasteiger partial charge is 0.235 e. The maximum Gasteiger partial charge on any atom is 0.235 e. The van der Waals surface area contributed by atoms with Crippen LogP contribution in [0, 0.1) is 0 Å². The van der Waals surface area contributed by atoms with E-state index in [2.05, 4.69) is 15.5 Å². The number of nitrogens with one attached hydrogen (secondary N) is 1. The Morgan fingerprint density at radius 2 is 1.80 bits per heavy atom. The van der Waals surface area contributed by atoms with Crippen molar-refractivity contribution in [3.05, 3.63) is 47.1 Å². The molecule has 0 saturated heterocycles. The second kappa shape index (κ2) is 5.46. The predicted molar refractivity (Wildman–Crippen MR) is 79.6 cm³/mol. The molecule has 2 rings (SSSR count). The van der Waals surface area contributed by atoms with Crippen LogP contribution in [0.4, 0.5) is 11.5 Å². The highest BCUT2D eigenvalue weighted by Crippen LogP contribution is 2.25. The van der Waals surface area contributed by atoms with E-state index in [0.29, 0.717) is 11.5 Å². The van der Waals surface area contributed by atoms with Crippen molar-refractivity contribution in [2.24, 2.45) is 0 Å². The highest BCUT2D eigenvalue weighted by molar-refractivity contribution is 6.29. The first-order chi connectivity index (χ1) is 9.39. The van der Waals surface area contributed by atoms with E-state index in [0.717, 1.165) is 5.56 Å². The summed E-state index contributed by atoms with van der Waals surface area (Å²) >= 11 is 5.65. The zero-order valence-electron chi connectivity index (χ0n) is 11.2. The van der Waals surface area contributed by atoms with Crippen molar-refractivity contribution in [1.29, 1.82) is 0 Å². The van der Waals surface area contributed by atoms with Gasteiger partial charge in [0.15, 0.2) is 11.0 Å². The van der Waals surface area contributed by atoms with Crippen molar-refractivity contribution < 1.29 is 4.79 Å². The van der Waals surface area contributed by atoms with Gasteiger partial charge in [0.2, 0.25) is 5.91 Å². The van der Waals surface area contributed by atoms with Gasteiger partial charge in [-0.25, -0.2) is 0 Å². The van der Waals surface area contributed by atoms with E-state index >= 15 is 0 Å². The van der Waals surface area contributed by atoms with Gasteiger partial charge in [-0.15, -0.1) is 10.2 Å². The summed E-state index contributed by atoms with van der Waals surface area (Å²) in [6.07, 6.45) is 0. The summed E-state index contributed by atoms with van der Waals surface area (Å²) in [4.78, 5) is 12.4. The summed E-state index contributed by atoms with van der Waals surface area (Å²) in [6.45, 7) is 3.66. The molecule has 6 heteroatoms. The van der Waals surface area contributed by atoms with Crippen molar-refractivity contribution >= 4 is 29.0 Å². The lowest BCUT2D eigenvalue weighted by Gasteiger charge is -2.23. The third kappa shape index (κ3) is 3.05. The molecule has 104 valence electrons. The number of nitrogens with two attached hydrogens (primary N) is 1. The average Bonchev–Trinajstić information content (AvgIpc) is 2.42. The Bertz CT molecular complexity index is 608. The van der Waals surface area contributed by atoms with Crippen LogP contribution in [0.1, 0.15) is 19.4 Å². The van der Waals surface area contributed by atoms with Gasteiger partial charge >= 0.3 is 0 Å². The van der Waals surface area contributed by atoms with Gasteiger partial charge in [0.25, 0.3) is 0 Å². The molecule has 0 radical (unpaired) electrons. The second-order valence-corrected chi connectivity index (χ2v) is 5.33. The third-order valence-corrected chi connectivity index (χ3v) is 3.28. The third-order valence-electron chi connectivity index (χ3n) is 3.07. The molecule has 0 aliphatic carbocycles. The molecule has 0 unspecified atom stereocenters. The topological polar surface area (TPSA) is 80.9 Å². The Morgan fingerprint density at radius 1 is 1.15 bits per heavy atom. The first kappa shape index (κ1) is 14.3. The molecule has 2 aromatic rings. The van der Waals surface area contributed by atoms with Crippen LogP contribution in [0.15, 0.2) is 36.4 Å². The molecule has 0 aliphatic rings. The quantitative estimate of drug-likeness (QED) is 0.852. The first-order valence-corrected chi connectivity index (χ1v) is 6.44. The predicted octanol–water partition coefficient (Wildman–Crippen LogP) is 2.63. The Morgan fingerprint density at radius 3 is 2.35 bits per heavy atom. The fourth-order valence-corrected chi connectivity index (χ4v) is 1.79. The highest BCUT2D eigenvalue weighted by Gasteiger charge is 2.30. The normalized spacial score (nSPS) is 11.2. The molecule has 0 saturated carbocycles. The monoisotopic (exact) mass is 290 g/mol. The van der Waals surface area contributed by atoms with Crippen molar-refractivity contribution in [2.75, 3.05) is 11.1 Å². The standard InChI is InChI=1S/C14H15ClN4O/c1-14(2,9-3-5-10(16)6-4-9)13(20)17-12-8-7-11(15)18-19-12/h3-8H,16H2,1-2H3,(H,17,19,20). The number of amides is 1. The molecule has 0 spiro atoms. The maximum atomic E-state index is 12.4. The van der Waals surface area contributed by atoms with Crippen molar-refractivity contribution in [2.45, 2.75) is 19.3 Å². The lowest BCUT2D eigenvalue weighted by molar-refractivity contribution is -0.120. The van der Waals surface area contributed by atoms with Gasteiger partial charge in [0, 0.05) is 5.69 Å². The first-order valence-electron chi connectivity index (χ1n) is 6.06. The summed E-state index contributed by atoms with van der Waals surface area (Å²) < 4.78 is 0. The van der Waals surface area contributed by atoms with E-state index in [9.17, 15) is 4.79 Å². The van der Waals surface area contributed by atoms with E-state index in [1.54, 1.807) is 24.3 Å². The van der Waals surface area contributed by atoms with Crippen LogP contribution in [-0.2, 0) is 10.2 Å². The van der Waals surface area contributed by atoms with Gasteiger partial charge in [-0.05, 0) is 43.7 Å². The number of hydrogen-bond acceptors (Lipinski definition) is 4. The number of benzene rings is 1. The molecule has 3 N–H and O–H groups in total. The van der Waals surface area contributed by atoms with E-state index < -0.39 is 5.41 Å². The Labute approximate surface area is 122 Å². The van der Waals surface area contributed by atoms with Gasteiger partial charge in [0.05, 0.1) is 5.41 Å². The number of rotatable bonds is 3.